The molecule has 1 aliphatic carbocycles. The molecule has 90 valence electrons. The first-order chi connectivity index (χ1) is 8.34. The van der Waals surface area contributed by atoms with E-state index in [1.54, 1.807) is 6.20 Å². The first-order valence-electron chi connectivity index (χ1n) is 6.19. The van der Waals surface area contributed by atoms with E-state index in [9.17, 15) is 0 Å². The van der Waals surface area contributed by atoms with Gasteiger partial charge in [-0.25, -0.2) is 4.98 Å². The van der Waals surface area contributed by atoms with Crippen molar-refractivity contribution in [2.75, 3.05) is 0 Å². The average molecular weight is 251 g/mol. The Morgan fingerprint density at radius 2 is 2.12 bits per heavy atom. The third-order valence-electron chi connectivity index (χ3n) is 3.61. The number of aromatic nitrogens is 4. The normalized spacial score (nSPS) is 17.0. The molecule has 3 rings (SSSR count). The molecular formula is C12H15ClN4. The highest BCUT2D eigenvalue weighted by Crippen LogP contribution is 2.28. The van der Waals surface area contributed by atoms with Gasteiger partial charge in [0.2, 0.25) is 0 Å². The van der Waals surface area contributed by atoms with Crippen molar-refractivity contribution < 1.29 is 0 Å². The Bertz CT molecular complexity index is 516. The van der Waals surface area contributed by atoms with Crippen LogP contribution in [0.3, 0.4) is 0 Å². The summed E-state index contributed by atoms with van der Waals surface area (Å²) in [7, 11) is 0. The monoisotopic (exact) mass is 250 g/mol. The third-order valence-corrected chi connectivity index (χ3v) is 3.87. The molecule has 2 aromatic heterocycles. The Morgan fingerprint density at radius 3 is 2.94 bits per heavy atom. The van der Waals surface area contributed by atoms with Gasteiger partial charge in [-0.2, -0.15) is 0 Å². The van der Waals surface area contributed by atoms with Crippen LogP contribution in [0.25, 0.3) is 5.65 Å². The quantitative estimate of drug-likeness (QED) is 0.841. The molecule has 0 bridgehead atoms. The molecule has 0 saturated heterocycles. The summed E-state index contributed by atoms with van der Waals surface area (Å²) >= 11 is 5.96. The highest BCUT2D eigenvalue weighted by molar-refractivity contribution is 6.32. The fraction of sp³-hybridized carbons (Fsp3) is 0.583. The molecule has 0 aliphatic heterocycles. The number of rotatable bonds is 3. The minimum absolute atomic E-state index is 0.423. The standard InChI is InChI=1S/C12H15ClN4/c13-11-12-16-15-10(17(12)8-7-14-11)6-5-9-3-1-2-4-9/h7-9H,1-6H2. The van der Waals surface area contributed by atoms with Gasteiger partial charge in [-0.05, 0) is 12.3 Å². The fourth-order valence-electron chi connectivity index (χ4n) is 2.65. The smallest absolute Gasteiger partial charge is 0.198 e. The zero-order valence-corrected chi connectivity index (χ0v) is 10.4. The summed E-state index contributed by atoms with van der Waals surface area (Å²) in [6, 6.07) is 0. The SMILES string of the molecule is Clc1nccn2c(CCC3CCCC3)nnc12. The predicted octanol–water partition coefficient (Wildman–Crippen LogP) is 2.90. The van der Waals surface area contributed by atoms with Crippen molar-refractivity contribution in [2.24, 2.45) is 5.92 Å². The van der Waals surface area contributed by atoms with E-state index < -0.39 is 0 Å². The largest absolute Gasteiger partial charge is 0.282 e. The van der Waals surface area contributed by atoms with Gasteiger partial charge in [0.15, 0.2) is 10.8 Å². The first kappa shape index (κ1) is 11.0. The van der Waals surface area contributed by atoms with Crippen LogP contribution < -0.4 is 0 Å². The van der Waals surface area contributed by atoms with Gasteiger partial charge >= 0.3 is 0 Å². The Labute approximate surface area is 105 Å². The van der Waals surface area contributed by atoms with Gasteiger partial charge in [-0.1, -0.05) is 37.3 Å². The van der Waals surface area contributed by atoms with Crippen LogP contribution in [0.5, 0.6) is 0 Å². The number of aryl methyl sites for hydroxylation is 1. The van der Waals surface area contributed by atoms with Gasteiger partial charge in [0.05, 0.1) is 0 Å². The average Bonchev–Trinajstić information content (AvgIpc) is 2.95. The molecule has 1 saturated carbocycles. The lowest BCUT2D eigenvalue weighted by molar-refractivity contribution is 0.496. The van der Waals surface area contributed by atoms with E-state index in [0.29, 0.717) is 10.8 Å². The van der Waals surface area contributed by atoms with E-state index in [1.807, 2.05) is 10.6 Å². The number of hydrogen-bond donors (Lipinski definition) is 0. The number of fused-ring (bicyclic) bond motifs is 1. The highest BCUT2D eigenvalue weighted by Gasteiger charge is 2.16. The minimum atomic E-state index is 0.423. The second kappa shape index (κ2) is 4.61. The van der Waals surface area contributed by atoms with Gasteiger partial charge in [0.1, 0.15) is 5.82 Å². The highest BCUT2D eigenvalue weighted by atomic mass is 35.5. The lowest BCUT2D eigenvalue weighted by atomic mass is 10.0. The first-order valence-corrected chi connectivity index (χ1v) is 6.56. The molecule has 0 atom stereocenters. The summed E-state index contributed by atoms with van der Waals surface area (Å²) in [4.78, 5) is 4.00. The van der Waals surface area contributed by atoms with Crippen LogP contribution in [-0.4, -0.2) is 19.6 Å². The van der Waals surface area contributed by atoms with Gasteiger partial charge in [-0.15, -0.1) is 10.2 Å². The fourth-order valence-corrected chi connectivity index (χ4v) is 2.83. The predicted molar refractivity (Wildman–Crippen MR) is 66.1 cm³/mol. The molecule has 2 heterocycles. The molecule has 0 N–H and O–H groups in total. The molecular weight excluding hydrogens is 236 g/mol. The number of halogens is 1. The van der Waals surface area contributed by atoms with Crippen LogP contribution in [0.4, 0.5) is 0 Å². The zero-order valence-electron chi connectivity index (χ0n) is 9.64. The van der Waals surface area contributed by atoms with Crippen molar-refractivity contribution >= 4 is 17.2 Å². The number of hydrogen-bond acceptors (Lipinski definition) is 3. The van der Waals surface area contributed by atoms with Gasteiger partial charge in [-0.3, -0.25) is 4.40 Å². The molecule has 0 radical (unpaired) electrons. The Hall–Kier alpha value is -1.16. The molecule has 17 heavy (non-hydrogen) atoms. The molecule has 2 aromatic rings. The molecule has 0 amide bonds. The topological polar surface area (TPSA) is 43.1 Å². The van der Waals surface area contributed by atoms with Crippen molar-refractivity contribution in [2.45, 2.75) is 38.5 Å². The van der Waals surface area contributed by atoms with E-state index in [4.69, 9.17) is 11.6 Å². The van der Waals surface area contributed by atoms with Gasteiger partial charge in [0.25, 0.3) is 0 Å². The van der Waals surface area contributed by atoms with Crippen LogP contribution in [-0.2, 0) is 6.42 Å². The summed E-state index contributed by atoms with van der Waals surface area (Å²) in [5, 5.41) is 8.71. The molecule has 0 aromatic carbocycles. The second-order valence-corrected chi connectivity index (χ2v) is 5.08. The summed E-state index contributed by atoms with van der Waals surface area (Å²) in [5.74, 6) is 1.87. The summed E-state index contributed by atoms with van der Waals surface area (Å²) in [6.07, 6.45) is 11.3. The Kier molecular flexibility index (Phi) is 2.97. The lowest BCUT2D eigenvalue weighted by Crippen LogP contribution is -2.00. The molecule has 1 aliphatic rings. The van der Waals surface area contributed by atoms with E-state index in [0.717, 1.165) is 18.2 Å². The molecule has 5 heteroatoms. The summed E-state index contributed by atoms with van der Waals surface area (Å²) < 4.78 is 1.95. The maximum Gasteiger partial charge on any atom is 0.198 e. The van der Waals surface area contributed by atoms with Crippen LogP contribution >= 0.6 is 11.6 Å². The van der Waals surface area contributed by atoms with E-state index >= 15 is 0 Å². The molecule has 0 spiro atoms. The summed E-state index contributed by atoms with van der Waals surface area (Å²) in [5.41, 5.74) is 0.663. The summed E-state index contributed by atoms with van der Waals surface area (Å²) in [6.45, 7) is 0. The lowest BCUT2D eigenvalue weighted by Gasteiger charge is -2.06. The Morgan fingerprint density at radius 1 is 1.29 bits per heavy atom. The van der Waals surface area contributed by atoms with E-state index in [2.05, 4.69) is 15.2 Å². The van der Waals surface area contributed by atoms with Crippen LogP contribution in [0, 0.1) is 5.92 Å². The van der Waals surface area contributed by atoms with Gasteiger partial charge < -0.3 is 0 Å². The molecule has 0 unspecified atom stereocenters. The Balaban J connectivity index is 1.78. The zero-order chi connectivity index (χ0) is 11.7. The van der Waals surface area contributed by atoms with E-state index in [1.165, 1.54) is 32.1 Å². The van der Waals surface area contributed by atoms with Gasteiger partial charge in [0, 0.05) is 18.8 Å². The van der Waals surface area contributed by atoms with E-state index in [-0.39, 0.29) is 0 Å². The third kappa shape index (κ3) is 2.14. The maximum atomic E-state index is 5.96. The van der Waals surface area contributed by atoms with Crippen molar-refractivity contribution in [3.8, 4) is 0 Å². The van der Waals surface area contributed by atoms with Crippen LogP contribution in [0.1, 0.15) is 37.9 Å². The van der Waals surface area contributed by atoms with Crippen molar-refractivity contribution in [3.63, 3.8) is 0 Å². The van der Waals surface area contributed by atoms with Crippen molar-refractivity contribution in [1.29, 1.82) is 0 Å². The van der Waals surface area contributed by atoms with Crippen molar-refractivity contribution in [1.82, 2.24) is 19.6 Å². The minimum Gasteiger partial charge on any atom is -0.282 e. The molecule has 1 fully saturated rings. The van der Waals surface area contributed by atoms with Crippen molar-refractivity contribution in [3.05, 3.63) is 23.4 Å². The van der Waals surface area contributed by atoms with Crippen LogP contribution in [0.15, 0.2) is 12.4 Å². The molecule has 4 nitrogen and oxygen atoms in total. The maximum absolute atomic E-state index is 5.96. The second-order valence-electron chi connectivity index (χ2n) is 4.72. The number of nitrogens with zero attached hydrogens (tertiary/aromatic N) is 4. The van der Waals surface area contributed by atoms with Crippen LogP contribution in [0.2, 0.25) is 5.15 Å².